The van der Waals surface area contributed by atoms with Crippen molar-refractivity contribution in [3.8, 4) is 6.07 Å². The molecule has 41 heavy (non-hydrogen) atoms. The number of piperazine rings is 1. The van der Waals surface area contributed by atoms with E-state index in [2.05, 4.69) is 67.0 Å². The summed E-state index contributed by atoms with van der Waals surface area (Å²) in [6, 6.07) is 11.5. The second kappa shape index (κ2) is 12.6. The fourth-order valence-electron chi connectivity index (χ4n) is 5.26. The lowest BCUT2D eigenvalue weighted by molar-refractivity contribution is 0.173. The highest BCUT2D eigenvalue weighted by Crippen LogP contribution is 2.37. The maximum atomic E-state index is 13.2. The van der Waals surface area contributed by atoms with Gasteiger partial charge in [-0.05, 0) is 81.1 Å². The van der Waals surface area contributed by atoms with Gasteiger partial charge in [-0.25, -0.2) is 9.78 Å². The number of halogens is 1. The summed E-state index contributed by atoms with van der Waals surface area (Å²) in [5.41, 5.74) is 2.11. The van der Waals surface area contributed by atoms with E-state index in [0.717, 1.165) is 44.0 Å². The average molecular weight is 597 g/mol. The summed E-state index contributed by atoms with van der Waals surface area (Å²) in [4.78, 5) is 24.3. The molecule has 222 valence electrons. The van der Waals surface area contributed by atoms with Crippen molar-refractivity contribution in [2.45, 2.75) is 77.7 Å². The van der Waals surface area contributed by atoms with Gasteiger partial charge in [-0.3, -0.25) is 0 Å². The number of urea groups is 1. The minimum Gasteiger partial charge on any atom is -0.417 e. The first kappa shape index (κ1) is 31.1. The molecule has 1 aromatic heterocycles. The summed E-state index contributed by atoms with van der Waals surface area (Å²) >= 11 is 6.27. The number of piperidine rings is 1. The van der Waals surface area contributed by atoms with Crippen LogP contribution in [0.25, 0.3) is 0 Å². The average Bonchev–Trinajstić information content (AvgIpc) is 2.93. The molecule has 1 N–H and O–H groups in total. The minimum absolute atomic E-state index is 0.00485. The molecular weight excluding hydrogens is 552 g/mol. The zero-order valence-corrected chi connectivity index (χ0v) is 27.3. The van der Waals surface area contributed by atoms with Crippen molar-refractivity contribution >= 4 is 43.1 Å². The first-order valence-corrected chi connectivity index (χ1v) is 18.0. The first-order chi connectivity index (χ1) is 19.3. The van der Waals surface area contributed by atoms with E-state index in [4.69, 9.17) is 16.0 Å². The van der Waals surface area contributed by atoms with E-state index >= 15 is 0 Å². The monoisotopic (exact) mass is 596 g/mol. The number of benzene rings is 1. The Hall–Kier alpha value is -2.80. The lowest BCUT2D eigenvalue weighted by Gasteiger charge is -2.45. The van der Waals surface area contributed by atoms with Gasteiger partial charge in [-0.15, -0.1) is 0 Å². The molecule has 0 spiro atoms. The van der Waals surface area contributed by atoms with Crippen molar-refractivity contribution in [1.29, 1.82) is 5.26 Å². The van der Waals surface area contributed by atoms with Crippen molar-refractivity contribution in [3.63, 3.8) is 0 Å². The number of anilines is 3. The molecule has 3 heterocycles. The van der Waals surface area contributed by atoms with Gasteiger partial charge in [-0.2, -0.15) is 5.26 Å². The summed E-state index contributed by atoms with van der Waals surface area (Å²) in [6.07, 6.45) is 3.96. The summed E-state index contributed by atoms with van der Waals surface area (Å²) in [7, 11) is -1.72. The van der Waals surface area contributed by atoms with Crippen LogP contribution < -0.4 is 15.1 Å². The Balaban J connectivity index is 1.27. The Bertz CT molecular complexity index is 1250. The van der Waals surface area contributed by atoms with Crippen molar-refractivity contribution in [2.24, 2.45) is 5.92 Å². The van der Waals surface area contributed by atoms with Crippen molar-refractivity contribution in [3.05, 3.63) is 47.1 Å². The summed E-state index contributed by atoms with van der Waals surface area (Å²) in [6.45, 7) is 19.7. The molecule has 2 aliphatic heterocycles. The maximum Gasteiger partial charge on any atom is 0.322 e. The van der Waals surface area contributed by atoms with E-state index in [9.17, 15) is 10.1 Å². The molecule has 2 aliphatic rings. The maximum absolute atomic E-state index is 13.2. The SMILES string of the molecule is C[C@@H]1CN(c2ccc(C#N)c(Cl)c2)[C@@H](C)CN1C(=O)Nc1ccc(N2CCC(CO[Si](C)(C)C(C)(C)C)CC2)nc1. The normalized spacial score (nSPS) is 20.6. The Labute approximate surface area is 251 Å². The van der Waals surface area contributed by atoms with E-state index in [0.29, 0.717) is 35.3 Å². The zero-order chi connectivity index (χ0) is 29.9. The van der Waals surface area contributed by atoms with E-state index in [1.165, 1.54) is 0 Å². The highest BCUT2D eigenvalue weighted by Gasteiger charge is 2.38. The number of aromatic nitrogens is 1. The predicted molar refractivity (Wildman–Crippen MR) is 170 cm³/mol. The number of hydrogen-bond donors (Lipinski definition) is 1. The van der Waals surface area contributed by atoms with E-state index in [1.54, 1.807) is 12.3 Å². The zero-order valence-electron chi connectivity index (χ0n) is 25.6. The third kappa shape index (κ3) is 7.35. The Morgan fingerprint density at radius 2 is 1.85 bits per heavy atom. The molecule has 2 amide bonds. The smallest absolute Gasteiger partial charge is 0.322 e. The first-order valence-electron chi connectivity index (χ1n) is 14.7. The molecule has 0 aliphatic carbocycles. The minimum atomic E-state index is -1.72. The number of rotatable bonds is 6. The van der Waals surface area contributed by atoms with Gasteiger partial charge in [-0.1, -0.05) is 32.4 Å². The molecule has 8 nitrogen and oxygen atoms in total. The van der Waals surface area contributed by atoms with Gasteiger partial charge in [0.25, 0.3) is 0 Å². The summed E-state index contributed by atoms with van der Waals surface area (Å²) in [5.74, 6) is 1.54. The number of nitrogens with one attached hydrogen (secondary N) is 1. The second-order valence-electron chi connectivity index (χ2n) is 13.1. The Kier molecular flexibility index (Phi) is 9.57. The van der Waals surface area contributed by atoms with Gasteiger partial charge >= 0.3 is 6.03 Å². The molecule has 0 radical (unpaired) electrons. The number of amides is 2. The van der Waals surface area contributed by atoms with Crippen LogP contribution in [0.5, 0.6) is 0 Å². The molecule has 2 saturated heterocycles. The summed E-state index contributed by atoms with van der Waals surface area (Å²) in [5, 5.41) is 12.9. The van der Waals surface area contributed by atoms with Crippen LogP contribution in [0.15, 0.2) is 36.5 Å². The van der Waals surface area contributed by atoms with E-state index in [-0.39, 0.29) is 23.2 Å². The van der Waals surface area contributed by atoms with Crippen LogP contribution in [0.1, 0.15) is 53.0 Å². The molecule has 4 rings (SSSR count). The second-order valence-corrected chi connectivity index (χ2v) is 18.3. The predicted octanol–water partition coefficient (Wildman–Crippen LogP) is 6.98. The molecule has 2 atom stereocenters. The Morgan fingerprint density at radius 1 is 1.15 bits per heavy atom. The Morgan fingerprint density at radius 3 is 2.44 bits per heavy atom. The highest BCUT2D eigenvalue weighted by atomic mass is 35.5. The molecular formula is C31H45ClN6O2Si. The summed E-state index contributed by atoms with van der Waals surface area (Å²) < 4.78 is 6.47. The van der Waals surface area contributed by atoms with Crippen LogP contribution >= 0.6 is 11.6 Å². The van der Waals surface area contributed by atoms with E-state index < -0.39 is 8.32 Å². The lowest BCUT2D eigenvalue weighted by Crippen LogP contribution is -2.59. The molecule has 0 bridgehead atoms. The topological polar surface area (TPSA) is 84.7 Å². The standard InChI is InChI=1S/C31H45ClN6O2Si/c1-22-20-38(23(2)19-37(22)27-10-8-25(17-33)28(32)16-27)30(39)35-26-9-11-29(34-18-26)36-14-12-24(13-15-36)21-40-41(6,7)31(3,4)5/h8-11,16,18,22-24H,12-15,19-21H2,1-7H3,(H,35,39)/t22-,23+/m0/s1. The number of hydrogen-bond acceptors (Lipinski definition) is 6. The van der Waals surface area contributed by atoms with Gasteiger partial charge in [0, 0.05) is 50.6 Å². The number of carbonyl (C=O) groups is 1. The van der Waals surface area contributed by atoms with Gasteiger partial charge in [0.1, 0.15) is 11.9 Å². The van der Waals surface area contributed by atoms with Crippen molar-refractivity contribution in [2.75, 3.05) is 47.9 Å². The molecule has 0 unspecified atom stereocenters. The fourth-order valence-corrected chi connectivity index (χ4v) is 6.56. The van der Waals surface area contributed by atoms with Gasteiger partial charge in [0.2, 0.25) is 0 Å². The van der Waals surface area contributed by atoms with Crippen LogP contribution in [0.3, 0.4) is 0 Å². The molecule has 2 aromatic rings. The molecule has 10 heteroatoms. The van der Waals surface area contributed by atoms with Crippen LogP contribution in [-0.4, -0.2) is 69.1 Å². The largest absolute Gasteiger partial charge is 0.417 e. The molecule has 0 saturated carbocycles. The quantitative estimate of drug-likeness (QED) is 0.362. The van der Waals surface area contributed by atoms with Crippen LogP contribution in [0.4, 0.5) is 22.0 Å². The lowest BCUT2D eigenvalue weighted by atomic mass is 9.98. The highest BCUT2D eigenvalue weighted by molar-refractivity contribution is 6.74. The third-order valence-corrected chi connectivity index (χ3v) is 13.9. The number of pyridine rings is 1. The van der Waals surface area contributed by atoms with Gasteiger partial charge < -0.3 is 24.4 Å². The van der Waals surface area contributed by atoms with Crippen LogP contribution in [0, 0.1) is 17.2 Å². The number of nitriles is 1. The van der Waals surface area contributed by atoms with Gasteiger partial charge in [0.15, 0.2) is 8.32 Å². The molecule has 1 aromatic carbocycles. The number of nitrogens with zero attached hydrogens (tertiary/aromatic N) is 5. The van der Waals surface area contributed by atoms with Crippen LogP contribution in [-0.2, 0) is 4.43 Å². The van der Waals surface area contributed by atoms with Crippen molar-refractivity contribution < 1.29 is 9.22 Å². The van der Waals surface area contributed by atoms with Crippen LogP contribution in [0.2, 0.25) is 23.2 Å². The van der Waals surface area contributed by atoms with Crippen molar-refractivity contribution in [1.82, 2.24) is 9.88 Å². The third-order valence-electron chi connectivity index (χ3n) is 9.08. The molecule has 2 fully saturated rings. The fraction of sp³-hybridized carbons (Fsp3) is 0.581. The van der Waals surface area contributed by atoms with E-state index in [1.807, 2.05) is 36.1 Å². The number of carbonyl (C=O) groups excluding carboxylic acids is 1. The van der Waals surface area contributed by atoms with Gasteiger partial charge in [0.05, 0.1) is 22.5 Å².